The van der Waals surface area contributed by atoms with Crippen molar-refractivity contribution in [3.8, 4) is 0 Å². The van der Waals surface area contributed by atoms with Gasteiger partial charge in [-0.3, -0.25) is 9.59 Å². The second kappa shape index (κ2) is 9.33. The molecular weight excluding hydrogens is 342 g/mol. The number of ether oxygens (including phenoxy) is 1. The van der Waals surface area contributed by atoms with E-state index in [4.69, 9.17) is 4.74 Å². The van der Waals surface area contributed by atoms with Crippen LogP contribution in [-0.4, -0.2) is 68.1 Å². The molecule has 148 valence electrons. The lowest BCUT2D eigenvalue weighted by Gasteiger charge is -2.29. The van der Waals surface area contributed by atoms with Crippen LogP contribution in [0.5, 0.6) is 0 Å². The first-order chi connectivity index (χ1) is 13.1. The number of likely N-dealkylation sites (tertiary alicyclic amines) is 2. The zero-order valence-electron chi connectivity index (χ0n) is 16.4. The molecule has 2 aliphatic rings. The smallest absolute Gasteiger partial charge is 0.226 e. The Bertz CT molecular complexity index is 658. The molecule has 2 heterocycles. The van der Waals surface area contributed by atoms with Gasteiger partial charge in [0.05, 0.1) is 18.6 Å². The molecule has 2 amide bonds. The molecule has 27 heavy (non-hydrogen) atoms. The van der Waals surface area contributed by atoms with E-state index < -0.39 is 0 Å². The molecule has 2 aliphatic heterocycles. The zero-order chi connectivity index (χ0) is 19.2. The Balaban J connectivity index is 1.71. The summed E-state index contributed by atoms with van der Waals surface area (Å²) in [5.41, 5.74) is 2.16. The average Bonchev–Trinajstić information content (AvgIpc) is 3.28. The van der Waals surface area contributed by atoms with E-state index in [0.717, 1.165) is 30.8 Å². The van der Waals surface area contributed by atoms with Crippen LogP contribution in [0.15, 0.2) is 24.3 Å². The van der Waals surface area contributed by atoms with Gasteiger partial charge < -0.3 is 19.9 Å². The Hall–Kier alpha value is -1.92. The van der Waals surface area contributed by atoms with Crippen molar-refractivity contribution in [3.63, 3.8) is 0 Å². The third-order valence-electron chi connectivity index (χ3n) is 5.74. The lowest BCUT2D eigenvalue weighted by molar-refractivity contribution is -0.129. The summed E-state index contributed by atoms with van der Waals surface area (Å²) in [6.07, 6.45) is 2.75. The van der Waals surface area contributed by atoms with Gasteiger partial charge in [-0.25, -0.2) is 0 Å². The first kappa shape index (κ1) is 19.8. The largest absolute Gasteiger partial charge is 0.383 e. The minimum Gasteiger partial charge on any atom is -0.383 e. The van der Waals surface area contributed by atoms with E-state index in [-0.39, 0.29) is 30.2 Å². The summed E-state index contributed by atoms with van der Waals surface area (Å²) in [5.74, 6) is -0.343. The molecule has 0 bridgehead atoms. The van der Waals surface area contributed by atoms with Crippen LogP contribution in [0.4, 0.5) is 0 Å². The molecule has 0 radical (unpaired) electrons. The number of nitrogens with one attached hydrogen (secondary N) is 1. The third-order valence-corrected chi connectivity index (χ3v) is 5.74. The summed E-state index contributed by atoms with van der Waals surface area (Å²) < 4.78 is 5.18. The minimum atomic E-state index is -0.353. The Kier molecular flexibility index (Phi) is 6.85. The highest BCUT2D eigenvalue weighted by Gasteiger charge is 2.44. The molecule has 2 atom stereocenters. The summed E-state index contributed by atoms with van der Waals surface area (Å²) in [5, 5.41) is 3.08. The molecule has 0 saturated carbocycles. The monoisotopic (exact) mass is 373 g/mol. The van der Waals surface area contributed by atoms with Crippen molar-refractivity contribution in [2.45, 2.75) is 32.2 Å². The fourth-order valence-electron chi connectivity index (χ4n) is 4.26. The van der Waals surface area contributed by atoms with E-state index >= 15 is 0 Å². The van der Waals surface area contributed by atoms with Crippen LogP contribution in [0.2, 0.25) is 0 Å². The lowest BCUT2D eigenvalue weighted by atomic mass is 9.90. The maximum atomic E-state index is 12.9. The topological polar surface area (TPSA) is 61.9 Å². The lowest BCUT2D eigenvalue weighted by Crippen LogP contribution is -2.39. The maximum Gasteiger partial charge on any atom is 0.226 e. The normalized spacial score (nSPS) is 23.2. The maximum absolute atomic E-state index is 12.9. The van der Waals surface area contributed by atoms with E-state index in [1.54, 1.807) is 7.11 Å². The van der Waals surface area contributed by atoms with Crippen molar-refractivity contribution in [2.24, 2.45) is 5.92 Å². The van der Waals surface area contributed by atoms with Gasteiger partial charge in [-0.2, -0.15) is 0 Å². The standard InChI is InChI=1S/C21H31N3O3/c1-16-7-3-4-8-17(16)20-18(15-19(25)24(20)13-14-27-2)21(26)22-9-12-23-10-5-6-11-23/h3-4,7-8,18,20H,5-6,9-15H2,1-2H3,(H,22,26)/t18-,20+/m1/s1. The first-order valence-corrected chi connectivity index (χ1v) is 9.96. The quantitative estimate of drug-likeness (QED) is 0.754. The highest BCUT2D eigenvalue weighted by Crippen LogP contribution is 2.39. The number of methoxy groups -OCH3 is 1. The molecule has 0 unspecified atom stereocenters. The Morgan fingerprint density at radius 3 is 2.67 bits per heavy atom. The van der Waals surface area contributed by atoms with Crippen molar-refractivity contribution in [3.05, 3.63) is 35.4 Å². The number of nitrogens with zero attached hydrogens (tertiary/aromatic N) is 2. The summed E-state index contributed by atoms with van der Waals surface area (Å²) in [4.78, 5) is 29.8. The van der Waals surface area contributed by atoms with Crippen LogP contribution >= 0.6 is 0 Å². The van der Waals surface area contributed by atoms with E-state index in [1.807, 2.05) is 36.1 Å². The molecule has 0 aliphatic carbocycles. The number of hydrogen-bond acceptors (Lipinski definition) is 4. The fraction of sp³-hybridized carbons (Fsp3) is 0.619. The number of hydrogen-bond donors (Lipinski definition) is 1. The minimum absolute atomic E-state index is 0.0179. The number of carbonyl (C=O) groups is 2. The number of amides is 2. The molecular formula is C21H31N3O3. The molecule has 3 rings (SSSR count). The highest BCUT2D eigenvalue weighted by atomic mass is 16.5. The van der Waals surface area contributed by atoms with Gasteiger partial charge in [-0.1, -0.05) is 24.3 Å². The second-order valence-corrected chi connectivity index (χ2v) is 7.53. The number of aryl methyl sites for hydroxylation is 1. The van der Waals surface area contributed by atoms with Crippen molar-refractivity contribution in [2.75, 3.05) is 46.4 Å². The molecule has 6 nitrogen and oxygen atoms in total. The number of benzene rings is 1. The summed E-state index contributed by atoms with van der Waals surface area (Å²) in [6.45, 7) is 6.78. The van der Waals surface area contributed by atoms with Gasteiger partial charge in [0.2, 0.25) is 11.8 Å². The van der Waals surface area contributed by atoms with Gasteiger partial charge in [0.1, 0.15) is 0 Å². The van der Waals surface area contributed by atoms with E-state index in [9.17, 15) is 9.59 Å². The summed E-state index contributed by atoms with van der Waals surface area (Å²) in [6, 6.07) is 7.81. The second-order valence-electron chi connectivity index (χ2n) is 7.53. The van der Waals surface area contributed by atoms with Gasteiger partial charge in [-0.05, 0) is 44.0 Å². The predicted molar refractivity (Wildman–Crippen MR) is 104 cm³/mol. The van der Waals surface area contributed by atoms with Gasteiger partial charge in [-0.15, -0.1) is 0 Å². The van der Waals surface area contributed by atoms with E-state index in [0.29, 0.717) is 19.7 Å². The van der Waals surface area contributed by atoms with Crippen LogP contribution in [0.1, 0.15) is 36.4 Å². The van der Waals surface area contributed by atoms with E-state index in [2.05, 4.69) is 10.2 Å². The number of carbonyl (C=O) groups excluding carboxylic acids is 2. The molecule has 6 heteroatoms. The SMILES string of the molecule is COCCN1C(=O)C[C@@H](C(=O)NCCN2CCCC2)[C@@H]1c1ccccc1C. The van der Waals surface area contributed by atoms with Crippen molar-refractivity contribution >= 4 is 11.8 Å². The van der Waals surface area contributed by atoms with Gasteiger partial charge >= 0.3 is 0 Å². The van der Waals surface area contributed by atoms with Crippen LogP contribution < -0.4 is 5.32 Å². The number of rotatable bonds is 8. The van der Waals surface area contributed by atoms with Crippen LogP contribution in [0, 0.1) is 12.8 Å². The molecule has 1 aromatic rings. The molecule has 2 saturated heterocycles. The fourth-order valence-corrected chi connectivity index (χ4v) is 4.26. The average molecular weight is 373 g/mol. The van der Waals surface area contributed by atoms with Crippen LogP contribution in [-0.2, 0) is 14.3 Å². The first-order valence-electron chi connectivity index (χ1n) is 9.96. The zero-order valence-corrected chi connectivity index (χ0v) is 16.4. The Morgan fingerprint density at radius 1 is 1.22 bits per heavy atom. The highest BCUT2D eigenvalue weighted by molar-refractivity contribution is 5.90. The molecule has 0 spiro atoms. The Morgan fingerprint density at radius 2 is 1.96 bits per heavy atom. The molecule has 2 fully saturated rings. The van der Waals surface area contributed by atoms with Gasteiger partial charge in [0, 0.05) is 33.2 Å². The van der Waals surface area contributed by atoms with Gasteiger partial charge in [0.25, 0.3) is 0 Å². The van der Waals surface area contributed by atoms with Crippen molar-refractivity contribution in [1.82, 2.24) is 15.1 Å². The summed E-state index contributed by atoms with van der Waals surface area (Å²) >= 11 is 0. The summed E-state index contributed by atoms with van der Waals surface area (Å²) in [7, 11) is 1.63. The van der Waals surface area contributed by atoms with Crippen LogP contribution in [0.25, 0.3) is 0 Å². The van der Waals surface area contributed by atoms with Crippen molar-refractivity contribution in [1.29, 1.82) is 0 Å². The third kappa shape index (κ3) is 4.68. The van der Waals surface area contributed by atoms with Crippen molar-refractivity contribution < 1.29 is 14.3 Å². The van der Waals surface area contributed by atoms with Gasteiger partial charge in [0.15, 0.2) is 0 Å². The predicted octanol–water partition coefficient (Wildman–Crippen LogP) is 1.74. The molecule has 1 N–H and O–H groups in total. The van der Waals surface area contributed by atoms with E-state index in [1.165, 1.54) is 12.8 Å². The molecule has 1 aromatic carbocycles. The molecule has 0 aromatic heterocycles. The Labute approximate surface area is 161 Å². The van der Waals surface area contributed by atoms with Crippen LogP contribution in [0.3, 0.4) is 0 Å².